The molecular formula is C14H19N5. The second kappa shape index (κ2) is 3.77. The highest BCUT2D eigenvalue weighted by Crippen LogP contribution is 2.50. The fourth-order valence-corrected chi connectivity index (χ4v) is 3.76. The average molecular weight is 257 g/mol. The van der Waals surface area contributed by atoms with Gasteiger partial charge in [0.1, 0.15) is 6.33 Å². The first-order chi connectivity index (χ1) is 9.20. The maximum absolute atomic E-state index is 6.59. The van der Waals surface area contributed by atoms with E-state index in [0.29, 0.717) is 0 Å². The van der Waals surface area contributed by atoms with E-state index >= 15 is 0 Å². The van der Waals surface area contributed by atoms with Crippen LogP contribution in [0.15, 0.2) is 18.5 Å². The summed E-state index contributed by atoms with van der Waals surface area (Å²) in [6, 6.07) is 4.33. The van der Waals surface area contributed by atoms with E-state index in [1.165, 1.54) is 24.1 Å². The predicted octanol–water partition coefficient (Wildman–Crippen LogP) is 0.997. The highest BCUT2D eigenvalue weighted by Gasteiger charge is 2.46. The van der Waals surface area contributed by atoms with Crippen molar-refractivity contribution in [2.24, 2.45) is 11.1 Å². The van der Waals surface area contributed by atoms with Gasteiger partial charge >= 0.3 is 0 Å². The smallest absolute Gasteiger partial charge is 0.160 e. The second-order valence-corrected chi connectivity index (χ2v) is 6.11. The quantitative estimate of drug-likeness (QED) is 0.765. The van der Waals surface area contributed by atoms with Gasteiger partial charge in [-0.3, -0.25) is 4.40 Å². The lowest BCUT2D eigenvalue weighted by atomic mass is 9.73. The molecular weight excluding hydrogens is 238 g/mol. The van der Waals surface area contributed by atoms with E-state index in [1.54, 1.807) is 0 Å². The molecule has 0 amide bonds. The van der Waals surface area contributed by atoms with Crippen LogP contribution < -0.4 is 5.73 Å². The fourth-order valence-electron chi connectivity index (χ4n) is 3.76. The summed E-state index contributed by atoms with van der Waals surface area (Å²) in [5.74, 6) is 0. The first-order valence-corrected chi connectivity index (χ1v) is 6.95. The van der Waals surface area contributed by atoms with Crippen LogP contribution >= 0.6 is 0 Å². The third kappa shape index (κ3) is 1.48. The summed E-state index contributed by atoms with van der Waals surface area (Å²) in [5, 5.41) is 8.14. The summed E-state index contributed by atoms with van der Waals surface area (Å²) in [4.78, 5) is 2.40. The highest BCUT2D eigenvalue weighted by atomic mass is 15.2. The molecule has 0 bridgehead atoms. The molecule has 5 nitrogen and oxygen atoms in total. The Morgan fingerprint density at radius 1 is 1.32 bits per heavy atom. The SMILES string of the molecule is CN1CCC2(CC1)Cc1c(ccc3nncn13)[C@H]2N. The molecule has 3 heterocycles. The molecule has 1 aliphatic carbocycles. The van der Waals surface area contributed by atoms with Crippen LogP contribution in [-0.4, -0.2) is 39.6 Å². The van der Waals surface area contributed by atoms with E-state index in [9.17, 15) is 0 Å². The molecule has 2 N–H and O–H groups in total. The minimum absolute atomic E-state index is 0.156. The summed E-state index contributed by atoms with van der Waals surface area (Å²) in [7, 11) is 2.19. The van der Waals surface area contributed by atoms with Gasteiger partial charge in [-0.2, -0.15) is 0 Å². The van der Waals surface area contributed by atoms with E-state index in [0.717, 1.165) is 25.2 Å². The van der Waals surface area contributed by atoms with Gasteiger partial charge < -0.3 is 10.6 Å². The Morgan fingerprint density at radius 2 is 2.11 bits per heavy atom. The molecule has 100 valence electrons. The molecule has 1 fully saturated rings. The van der Waals surface area contributed by atoms with Crippen molar-refractivity contribution < 1.29 is 0 Å². The Hall–Kier alpha value is -1.46. The Balaban J connectivity index is 1.80. The van der Waals surface area contributed by atoms with Crippen LogP contribution in [0, 0.1) is 5.41 Å². The van der Waals surface area contributed by atoms with Crippen LogP contribution in [0.2, 0.25) is 0 Å². The summed E-state index contributed by atoms with van der Waals surface area (Å²) < 4.78 is 2.11. The van der Waals surface area contributed by atoms with E-state index < -0.39 is 0 Å². The number of rotatable bonds is 0. The van der Waals surface area contributed by atoms with Crippen LogP contribution in [0.25, 0.3) is 5.65 Å². The van der Waals surface area contributed by atoms with Gasteiger partial charge in [0.25, 0.3) is 0 Å². The molecule has 0 radical (unpaired) electrons. The van der Waals surface area contributed by atoms with Gasteiger partial charge in [0.05, 0.1) is 0 Å². The van der Waals surface area contributed by atoms with Crippen molar-refractivity contribution in [3.05, 3.63) is 29.7 Å². The minimum Gasteiger partial charge on any atom is -0.323 e. The zero-order valence-electron chi connectivity index (χ0n) is 11.2. The zero-order valence-corrected chi connectivity index (χ0v) is 11.2. The molecule has 5 heteroatoms. The molecule has 1 spiro atoms. The summed E-state index contributed by atoms with van der Waals surface area (Å²) in [5.41, 5.74) is 10.4. The molecule has 19 heavy (non-hydrogen) atoms. The standard InChI is InChI=1S/C14H19N5/c1-18-6-4-14(5-7-18)8-11-10(13(14)15)2-3-12-17-16-9-19(11)12/h2-3,9,13H,4-8,15H2,1H3/t13-/m1/s1. The molecule has 1 atom stereocenters. The molecule has 2 aromatic heterocycles. The van der Waals surface area contributed by atoms with Crippen molar-refractivity contribution in [3.63, 3.8) is 0 Å². The van der Waals surface area contributed by atoms with Gasteiger partial charge in [0.2, 0.25) is 0 Å². The third-order valence-electron chi connectivity index (χ3n) is 5.11. The van der Waals surface area contributed by atoms with E-state index in [4.69, 9.17) is 5.73 Å². The van der Waals surface area contributed by atoms with Gasteiger partial charge in [-0.1, -0.05) is 6.07 Å². The summed E-state index contributed by atoms with van der Waals surface area (Å²) in [6.45, 7) is 2.29. The Morgan fingerprint density at radius 3 is 2.89 bits per heavy atom. The van der Waals surface area contributed by atoms with Crippen LogP contribution in [0.1, 0.15) is 30.1 Å². The number of aromatic nitrogens is 3. The number of nitrogens with zero attached hydrogens (tertiary/aromatic N) is 4. The number of hydrogen-bond acceptors (Lipinski definition) is 4. The van der Waals surface area contributed by atoms with Crippen molar-refractivity contribution >= 4 is 5.65 Å². The molecule has 2 aromatic rings. The number of nitrogens with two attached hydrogens (primary N) is 1. The predicted molar refractivity (Wildman–Crippen MR) is 72.8 cm³/mol. The van der Waals surface area contributed by atoms with Gasteiger partial charge in [-0.15, -0.1) is 10.2 Å². The van der Waals surface area contributed by atoms with Gasteiger partial charge in [-0.25, -0.2) is 0 Å². The van der Waals surface area contributed by atoms with Gasteiger partial charge in [0, 0.05) is 11.7 Å². The normalized spacial score (nSPS) is 26.1. The van der Waals surface area contributed by atoms with E-state index in [-0.39, 0.29) is 11.5 Å². The first-order valence-electron chi connectivity index (χ1n) is 6.95. The number of likely N-dealkylation sites (tertiary alicyclic amines) is 1. The lowest BCUT2D eigenvalue weighted by Crippen LogP contribution is -2.42. The molecule has 1 aliphatic heterocycles. The Kier molecular flexibility index (Phi) is 2.26. The van der Waals surface area contributed by atoms with Crippen molar-refractivity contribution in [2.45, 2.75) is 25.3 Å². The monoisotopic (exact) mass is 257 g/mol. The van der Waals surface area contributed by atoms with Crippen LogP contribution in [0.4, 0.5) is 0 Å². The molecule has 0 aromatic carbocycles. The summed E-state index contributed by atoms with van der Waals surface area (Å²) in [6.07, 6.45) is 5.24. The van der Waals surface area contributed by atoms with Crippen molar-refractivity contribution in [3.8, 4) is 0 Å². The Labute approximate surface area is 112 Å². The lowest BCUT2D eigenvalue weighted by Gasteiger charge is -2.40. The lowest BCUT2D eigenvalue weighted by molar-refractivity contribution is 0.105. The molecule has 1 saturated heterocycles. The average Bonchev–Trinajstić information content (AvgIpc) is 2.98. The van der Waals surface area contributed by atoms with Crippen molar-refractivity contribution in [2.75, 3.05) is 20.1 Å². The highest BCUT2D eigenvalue weighted by molar-refractivity contribution is 5.46. The second-order valence-electron chi connectivity index (χ2n) is 6.11. The maximum atomic E-state index is 6.59. The third-order valence-corrected chi connectivity index (χ3v) is 5.11. The summed E-state index contributed by atoms with van der Waals surface area (Å²) >= 11 is 0. The molecule has 0 saturated carbocycles. The largest absolute Gasteiger partial charge is 0.323 e. The molecule has 2 aliphatic rings. The van der Waals surface area contributed by atoms with E-state index in [2.05, 4.69) is 32.6 Å². The number of pyridine rings is 1. The van der Waals surface area contributed by atoms with Crippen molar-refractivity contribution in [1.82, 2.24) is 19.5 Å². The van der Waals surface area contributed by atoms with Crippen molar-refractivity contribution in [1.29, 1.82) is 0 Å². The van der Waals surface area contributed by atoms with E-state index in [1.807, 2.05) is 12.4 Å². The maximum Gasteiger partial charge on any atom is 0.160 e. The van der Waals surface area contributed by atoms with Crippen LogP contribution in [0.3, 0.4) is 0 Å². The Bertz CT molecular complexity index is 624. The van der Waals surface area contributed by atoms with Crippen LogP contribution in [-0.2, 0) is 6.42 Å². The number of hydrogen-bond donors (Lipinski definition) is 1. The molecule has 0 unspecified atom stereocenters. The number of fused-ring (bicyclic) bond motifs is 3. The first kappa shape index (κ1) is 11.4. The molecule has 4 rings (SSSR count). The van der Waals surface area contributed by atoms with Crippen LogP contribution in [0.5, 0.6) is 0 Å². The minimum atomic E-state index is 0.156. The van der Waals surface area contributed by atoms with Gasteiger partial charge in [-0.05, 0) is 56.4 Å². The topological polar surface area (TPSA) is 59.5 Å². The fraction of sp³-hybridized carbons (Fsp3) is 0.571. The number of piperidine rings is 1. The zero-order chi connectivity index (χ0) is 13.0. The van der Waals surface area contributed by atoms with Gasteiger partial charge in [0.15, 0.2) is 5.65 Å².